The molecule has 1 heterocycles. The number of fused-ring (bicyclic) bond motifs is 1. The van der Waals surface area contributed by atoms with Crippen molar-refractivity contribution < 1.29 is 17.9 Å². The van der Waals surface area contributed by atoms with Crippen molar-refractivity contribution in [3.8, 4) is 5.75 Å². The molecule has 0 atom stereocenters. The van der Waals surface area contributed by atoms with Gasteiger partial charge in [-0.05, 0) is 44.2 Å². The highest BCUT2D eigenvalue weighted by molar-refractivity contribution is 7.90. The van der Waals surface area contributed by atoms with Gasteiger partial charge in [0.2, 0.25) is 4.80 Å². The van der Waals surface area contributed by atoms with E-state index in [0.717, 1.165) is 16.0 Å². The molecule has 6 nitrogen and oxygen atoms in total. The molecule has 0 aliphatic heterocycles. The Bertz CT molecular complexity index is 1070. The van der Waals surface area contributed by atoms with Gasteiger partial charge in [-0.1, -0.05) is 29.5 Å². The third kappa shape index (κ3) is 4.58. The molecule has 144 valence electrons. The SMILES string of the molecule is CCOCCn1c(=NS(=O)(=O)c2ccccc2)sc2cc(OCC)ccc21. The molecule has 0 aliphatic carbocycles. The fraction of sp³-hybridized carbons (Fsp3) is 0.316. The lowest BCUT2D eigenvalue weighted by Crippen LogP contribution is -2.19. The number of thiazole rings is 1. The van der Waals surface area contributed by atoms with E-state index in [1.165, 1.54) is 11.3 Å². The second-order valence-corrected chi connectivity index (χ2v) is 8.29. The van der Waals surface area contributed by atoms with Gasteiger partial charge in [0.1, 0.15) is 5.75 Å². The van der Waals surface area contributed by atoms with Gasteiger partial charge < -0.3 is 14.0 Å². The molecule has 0 unspecified atom stereocenters. The Kier molecular flexibility index (Phi) is 6.30. The predicted molar refractivity (Wildman–Crippen MR) is 107 cm³/mol. The van der Waals surface area contributed by atoms with Crippen molar-refractivity contribution in [2.24, 2.45) is 4.40 Å². The van der Waals surface area contributed by atoms with Gasteiger partial charge >= 0.3 is 0 Å². The fourth-order valence-electron chi connectivity index (χ4n) is 2.64. The van der Waals surface area contributed by atoms with Gasteiger partial charge in [-0.2, -0.15) is 8.42 Å². The van der Waals surface area contributed by atoms with Crippen LogP contribution in [0.5, 0.6) is 5.75 Å². The van der Waals surface area contributed by atoms with Crippen molar-refractivity contribution >= 4 is 31.6 Å². The number of ether oxygens (including phenoxy) is 2. The summed E-state index contributed by atoms with van der Waals surface area (Å²) in [6, 6.07) is 14.0. The highest BCUT2D eigenvalue weighted by Gasteiger charge is 2.14. The van der Waals surface area contributed by atoms with E-state index in [2.05, 4.69) is 4.40 Å². The summed E-state index contributed by atoms with van der Waals surface area (Å²) in [7, 11) is -3.79. The second-order valence-electron chi connectivity index (χ2n) is 5.68. The summed E-state index contributed by atoms with van der Waals surface area (Å²) in [6.45, 7) is 6.02. The lowest BCUT2D eigenvalue weighted by molar-refractivity contribution is 0.139. The number of benzene rings is 2. The van der Waals surface area contributed by atoms with Gasteiger partial charge in [0.15, 0.2) is 0 Å². The minimum Gasteiger partial charge on any atom is -0.494 e. The van der Waals surface area contributed by atoms with Crippen LogP contribution in [-0.2, 0) is 21.3 Å². The summed E-state index contributed by atoms with van der Waals surface area (Å²) in [4.78, 5) is 0.594. The van der Waals surface area contributed by atoms with Crippen molar-refractivity contribution in [2.75, 3.05) is 19.8 Å². The summed E-state index contributed by atoms with van der Waals surface area (Å²) in [5.41, 5.74) is 0.908. The first-order chi connectivity index (χ1) is 13.0. The Balaban J connectivity index is 2.13. The van der Waals surface area contributed by atoms with Gasteiger partial charge in [0, 0.05) is 13.2 Å². The zero-order valence-electron chi connectivity index (χ0n) is 15.3. The Morgan fingerprint density at radius 1 is 1.07 bits per heavy atom. The van der Waals surface area contributed by atoms with Crippen LogP contribution in [0.1, 0.15) is 13.8 Å². The molecule has 8 heteroatoms. The van der Waals surface area contributed by atoms with Crippen molar-refractivity contribution in [1.82, 2.24) is 4.57 Å². The van der Waals surface area contributed by atoms with Crippen LogP contribution in [0, 0.1) is 0 Å². The third-order valence-electron chi connectivity index (χ3n) is 3.87. The standard InChI is InChI=1S/C19H22N2O4S2/c1-3-24-13-12-21-17-11-10-15(25-4-2)14-18(17)26-19(21)20-27(22,23)16-8-6-5-7-9-16/h5-11,14H,3-4,12-13H2,1-2H3. The number of hydrogen-bond acceptors (Lipinski definition) is 5. The molecule has 0 bridgehead atoms. The van der Waals surface area contributed by atoms with Crippen molar-refractivity contribution in [2.45, 2.75) is 25.3 Å². The van der Waals surface area contributed by atoms with Gasteiger partial charge in [-0.15, -0.1) is 4.40 Å². The van der Waals surface area contributed by atoms with Crippen LogP contribution < -0.4 is 9.54 Å². The largest absolute Gasteiger partial charge is 0.494 e. The molecule has 0 N–H and O–H groups in total. The Morgan fingerprint density at radius 2 is 1.85 bits per heavy atom. The van der Waals surface area contributed by atoms with Gasteiger partial charge in [0.25, 0.3) is 10.0 Å². The topological polar surface area (TPSA) is 69.9 Å². The summed E-state index contributed by atoms with van der Waals surface area (Å²) in [5.74, 6) is 0.751. The van der Waals surface area contributed by atoms with Crippen molar-refractivity contribution in [1.29, 1.82) is 0 Å². The normalized spacial score (nSPS) is 12.6. The van der Waals surface area contributed by atoms with Crippen LogP contribution >= 0.6 is 11.3 Å². The monoisotopic (exact) mass is 406 g/mol. The first-order valence-electron chi connectivity index (χ1n) is 8.75. The van der Waals surface area contributed by atoms with Crippen LogP contribution in [0.4, 0.5) is 0 Å². The van der Waals surface area contributed by atoms with E-state index in [4.69, 9.17) is 9.47 Å². The Morgan fingerprint density at radius 3 is 2.56 bits per heavy atom. The van der Waals surface area contributed by atoms with E-state index in [1.807, 2.05) is 36.6 Å². The number of aromatic nitrogens is 1. The van der Waals surface area contributed by atoms with E-state index < -0.39 is 10.0 Å². The summed E-state index contributed by atoms with van der Waals surface area (Å²) < 4.78 is 43.3. The van der Waals surface area contributed by atoms with E-state index in [1.54, 1.807) is 30.3 Å². The minimum atomic E-state index is -3.79. The molecule has 0 saturated carbocycles. The van der Waals surface area contributed by atoms with Crippen molar-refractivity contribution in [3.63, 3.8) is 0 Å². The van der Waals surface area contributed by atoms with Crippen LogP contribution in [-0.4, -0.2) is 32.8 Å². The first-order valence-corrected chi connectivity index (χ1v) is 11.0. The lowest BCUT2D eigenvalue weighted by atomic mass is 10.3. The molecule has 0 amide bonds. The third-order valence-corrected chi connectivity index (χ3v) is 6.31. The van der Waals surface area contributed by atoms with Crippen LogP contribution in [0.3, 0.4) is 0 Å². The van der Waals surface area contributed by atoms with E-state index in [-0.39, 0.29) is 4.90 Å². The van der Waals surface area contributed by atoms with Gasteiger partial charge in [-0.25, -0.2) is 0 Å². The molecule has 0 saturated heterocycles. The molecule has 2 aromatic carbocycles. The van der Waals surface area contributed by atoms with Crippen molar-refractivity contribution in [3.05, 3.63) is 53.3 Å². The predicted octanol–water partition coefficient (Wildman–Crippen LogP) is 3.43. The Labute approximate surface area is 162 Å². The maximum Gasteiger partial charge on any atom is 0.285 e. The van der Waals surface area contributed by atoms with E-state index in [0.29, 0.717) is 31.2 Å². The molecule has 0 radical (unpaired) electrons. The van der Waals surface area contributed by atoms with Gasteiger partial charge in [-0.3, -0.25) is 0 Å². The number of hydrogen-bond donors (Lipinski definition) is 0. The molecule has 27 heavy (non-hydrogen) atoms. The average molecular weight is 407 g/mol. The maximum absolute atomic E-state index is 12.7. The summed E-state index contributed by atoms with van der Waals surface area (Å²) in [5, 5.41) is 0. The first kappa shape index (κ1) is 19.6. The molecule has 0 spiro atoms. The fourth-order valence-corrected chi connectivity index (χ4v) is 4.95. The molecule has 3 rings (SSSR count). The molecule has 0 aliphatic rings. The molecule has 3 aromatic rings. The molecule has 1 aromatic heterocycles. The minimum absolute atomic E-state index is 0.175. The highest BCUT2D eigenvalue weighted by atomic mass is 32.2. The summed E-state index contributed by atoms with van der Waals surface area (Å²) >= 11 is 1.33. The van der Waals surface area contributed by atoms with Gasteiger partial charge in [0.05, 0.1) is 28.3 Å². The zero-order valence-corrected chi connectivity index (χ0v) is 16.9. The lowest BCUT2D eigenvalue weighted by Gasteiger charge is -2.07. The smallest absolute Gasteiger partial charge is 0.285 e. The zero-order chi connectivity index (χ0) is 19.3. The van der Waals surface area contributed by atoms with E-state index in [9.17, 15) is 8.42 Å². The molecular weight excluding hydrogens is 384 g/mol. The maximum atomic E-state index is 12.7. The second kappa shape index (κ2) is 8.69. The van der Waals surface area contributed by atoms with Crippen LogP contribution in [0.15, 0.2) is 57.8 Å². The highest BCUT2D eigenvalue weighted by Crippen LogP contribution is 2.24. The quantitative estimate of drug-likeness (QED) is 0.538. The molecule has 0 fully saturated rings. The van der Waals surface area contributed by atoms with E-state index >= 15 is 0 Å². The number of sulfonamides is 1. The summed E-state index contributed by atoms with van der Waals surface area (Å²) in [6.07, 6.45) is 0. The number of nitrogens with zero attached hydrogens (tertiary/aromatic N) is 2. The average Bonchev–Trinajstić information content (AvgIpc) is 2.99. The molecular formula is C19H22N2O4S2. The van der Waals surface area contributed by atoms with Crippen LogP contribution in [0.2, 0.25) is 0 Å². The Hall–Kier alpha value is -2.16. The van der Waals surface area contributed by atoms with Crippen LogP contribution in [0.25, 0.3) is 10.2 Å². The number of rotatable bonds is 8.